The largest absolute Gasteiger partial charge is 0.461 e. The van der Waals surface area contributed by atoms with Crippen LogP contribution in [0.15, 0.2) is 51.6 Å². The highest BCUT2D eigenvalue weighted by molar-refractivity contribution is 7.90. The molecule has 1 aromatic carbocycles. The Kier molecular flexibility index (Phi) is 3.72. The number of benzene rings is 1. The van der Waals surface area contributed by atoms with E-state index in [4.69, 9.17) is 8.94 Å². The minimum absolute atomic E-state index is 0.0875. The summed E-state index contributed by atoms with van der Waals surface area (Å²) in [7, 11) is -3.43. The average molecular weight is 344 g/mol. The minimum Gasteiger partial charge on any atom is -0.461 e. The number of aryl methyl sites for hydroxylation is 1. The average Bonchev–Trinajstić information content (AvgIpc) is 3.25. The first-order valence-electron chi connectivity index (χ1n) is 7.79. The Morgan fingerprint density at radius 3 is 2.88 bits per heavy atom. The minimum atomic E-state index is -3.43. The number of furan rings is 1. The zero-order valence-corrected chi connectivity index (χ0v) is 13.7. The molecule has 1 atom stereocenters. The number of nitrogens with zero attached hydrogens (tertiary/aromatic N) is 2. The van der Waals surface area contributed by atoms with E-state index < -0.39 is 15.1 Å². The van der Waals surface area contributed by atoms with Crippen molar-refractivity contribution in [3.8, 4) is 11.6 Å². The summed E-state index contributed by atoms with van der Waals surface area (Å²) in [6.45, 7) is 0. The van der Waals surface area contributed by atoms with Crippen LogP contribution in [0.2, 0.25) is 0 Å². The Labute approximate surface area is 139 Å². The van der Waals surface area contributed by atoms with Gasteiger partial charge in [-0.3, -0.25) is 0 Å². The van der Waals surface area contributed by atoms with Crippen LogP contribution in [-0.2, 0) is 22.0 Å². The fourth-order valence-corrected chi connectivity index (χ4v) is 4.98. The highest BCUT2D eigenvalue weighted by Gasteiger charge is 2.33. The van der Waals surface area contributed by atoms with Crippen LogP contribution in [0.4, 0.5) is 0 Å². The molecule has 0 N–H and O–H groups in total. The number of sulfone groups is 1. The maximum absolute atomic E-state index is 12.9. The van der Waals surface area contributed by atoms with E-state index in [1.807, 2.05) is 24.3 Å². The van der Waals surface area contributed by atoms with Crippen molar-refractivity contribution in [2.45, 2.75) is 30.3 Å². The molecule has 0 fully saturated rings. The van der Waals surface area contributed by atoms with Crippen LogP contribution in [0.5, 0.6) is 0 Å². The molecule has 0 radical (unpaired) electrons. The van der Waals surface area contributed by atoms with Crippen molar-refractivity contribution in [2.75, 3.05) is 0 Å². The topological polar surface area (TPSA) is 86.2 Å². The molecule has 1 aliphatic rings. The lowest BCUT2D eigenvalue weighted by atomic mass is 9.91. The molecule has 24 heavy (non-hydrogen) atoms. The molecule has 3 aromatic rings. The molecule has 0 unspecified atom stereocenters. The van der Waals surface area contributed by atoms with Gasteiger partial charge in [0.1, 0.15) is 5.75 Å². The first-order chi connectivity index (χ1) is 11.6. The summed E-state index contributed by atoms with van der Waals surface area (Å²) in [6.07, 6.45) is 3.91. The van der Waals surface area contributed by atoms with E-state index in [1.54, 1.807) is 12.1 Å². The number of fused-ring (bicyclic) bond motifs is 1. The third-order valence-corrected chi connectivity index (χ3v) is 6.29. The van der Waals surface area contributed by atoms with Gasteiger partial charge < -0.3 is 8.94 Å². The lowest BCUT2D eigenvalue weighted by molar-refractivity contribution is 0.387. The fourth-order valence-electron chi connectivity index (χ4n) is 3.17. The van der Waals surface area contributed by atoms with Gasteiger partial charge in [0.15, 0.2) is 15.6 Å². The molecular formula is C17H16N2O4S. The van der Waals surface area contributed by atoms with Gasteiger partial charge in [-0.1, -0.05) is 29.4 Å². The van der Waals surface area contributed by atoms with Crippen LogP contribution < -0.4 is 0 Å². The molecule has 0 saturated heterocycles. The van der Waals surface area contributed by atoms with Gasteiger partial charge in [0.05, 0.1) is 11.5 Å². The number of hydrogen-bond donors (Lipinski definition) is 0. The summed E-state index contributed by atoms with van der Waals surface area (Å²) in [5.74, 6) is 0.531. The van der Waals surface area contributed by atoms with E-state index in [1.165, 1.54) is 6.26 Å². The van der Waals surface area contributed by atoms with Crippen LogP contribution in [0.25, 0.3) is 11.6 Å². The van der Waals surface area contributed by atoms with Crippen LogP contribution in [0.1, 0.15) is 35.1 Å². The fraction of sp³-hybridized carbons (Fsp3) is 0.294. The van der Waals surface area contributed by atoms with E-state index >= 15 is 0 Å². The van der Waals surface area contributed by atoms with Gasteiger partial charge in [-0.25, -0.2) is 8.42 Å². The monoisotopic (exact) mass is 344 g/mol. The zero-order chi connectivity index (χ0) is 16.6. The summed E-state index contributed by atoms with van der Waals surface area (Å²) in [4.78, 5) is 4.14. The predicted molar refractivity (Wildman–Crippen MR) is 86.7 cm³/mol. The quantitative estimate of drug-likeness (QED) is 0.721. The van der Waals surface area contributed by atoms with Gasteiger partial charge in [0, 0.05) is 0 Å². The van der Waals surface area contributed by atoms with E-state index in [2.05, 4.69) is 10.1 Å². The SMILES string of the molecule is O=S(=O)(Cc1nc(-c2ccco2)no1)[C@H]1CCCc2ccccc21. The molecular weight excluding hydrogens is 328 g/mol. The van der Waals surface area contributed by atoms with E-state index in [-0.39, 0.29) is 17.5 Å². The predicted octanol–water partition coefficient (Wildman–Crippen LogP) is 3.32. The van der Waals surface area contributed by atoms with Crippen LogP contribution in [-0.4, -0.2) is 18.6 Å². The summed E-state index contributed by atoms with van der Waals surface area (Å²) in [5.41, 5.74) is 2.01. The molecule has 0 spiro atoms. The van der Waals surface area contributed by atoms with E-state index in [0.717, 1.165) is 24.0 Å². The summed E-state index contributed by atoms with van der Waals surface area (Å²) in [6, 6.07) is 11.1. The highest BCUT2D eigenvalue weighted by atomic mass is 32.2. The van der Waals surface area contributed by atoms with Crippen molar-refractivity contribution < 1.29 is 17.4 Å². The molecule has 0 saturated carbocycles. The van der Waals surface area contributed by atoms with Crippen molar-refractivity contribution in [3.63, 3.8) is 0 Å². The van der Waals surface area contributed by atoms with Crippen molar-refractivity contribution in [3.05, 3.63) is 59.7 Å². The maximum atomic E-state index is 12.9. The summed E-state index contributed by atoms with van der Waals surface area (Å²) < 4.78 is 36.0. The van der Waals surface area contributed by atoms with Gasteiger partial charge >= 0.3 is 0 Å². The maximum Gasteiger partial charge on any atom is 0.242 e. The van der Waals surface area contributed by atoms with Gasteiger partial charge in [-0.15, -0.1) is 0 Å². The summed E-state index contributed by atoms with van der Waals surface area (Å²) in [5, 5.41) is 3.28. The second-order valence-electron chi connectivity index (χ2n) is 5.88. The Hall–Kier alpha value is -2.41. The van der Waals surface area contributed by atoms with E-state index in [9.17, 15) is 8.42 Å². The second-order valence-corrected chi connectivity index (χ2v) is 8.06. The second kappa shape index (κ2) is 5.90. The highest BCUT2D eigenvalue weighted by Crippen LogP contribution is 2.37. The molecule has 6 nitrogen and oxygen atoms in total. The third-order valence-electron chi connectivity index (χ3n) is 4.28. The molecule has 4 rings (SSSR count). The Morgan fingerprint density at radius 1 is 1.17 bits per heavy atom. The smallest absolute Gasteiger partial charge is 0.242 e. The molecule has 2 aromatic heterocycles. The summed E-state index contributed by atoms with van der Waals surface area (Å²) >= 11 is 0. The Balaban J connectivity index is 1.61. The van der Waals surface area contributed by atoms with Crippen LogP contribution in [0.3, 0.4) is 0 Å². The van der Waals surface area contributed by atoms with Gasteiger partial charge in [0.25, 0.3) is 0 Å². The van der Waals surface area contributed by atoms with Crippen molar-refractivity contribution in [2.24, 2.45) is 0 Å². The molecule has 7 heteroatoms. The molecule has 0 aliphatic heterocycles. The molecule has 0 amide bonds. The zero-order valence-electron chi connectivity index (χ0n) is 12.9. The molecule has 0 bridgehead atoms. The van der Waals surface area contributed by atoms with Crippen molar-refractivity contribution in [1.29, 1.82) is 0 Å². The van der Waals surface area contributed by atoms with Gasteiger partial charge in [-0.05, 0) is 42.5 Å². The van der Waals surface area contributed by atoms with Crippen LogP contribution >= 0.6 is 0 Å². The molecule has 2 heterocycles. The van der Waals surface area contributed by atoms with Crippen LogP contribution in [0, 0.1) is 0 Å². The number of hydrogen-bond acceptors (Lipinski definition) is 6. The molecule has 1 aliphatic carbocycles. The molecule has 124 valence electrons. The lowest BCUT2D eigenvalue weighted by Gasteiger charge is -2.24. The number of aromatic nitrogens is 2. The number of rotatable bonds is 4. The third kappa shape index (κ3) is 2.75. The Morgan fingerprint density at radius 2 is 2.04 bits per heavy atom. The standard InChI is InChI=1S/C17H16N2O4S/c20-24(21,15-9-3-6-12-5-1-2-7-13(12)15)11-16-18-17(19-23-16)14-8-4-10-22-14/h1-2,4-5,7-8,10,15H,3,6,9,11H2/t15-/m0/s1. The van der Waals surface area contributed by atoms with Gasteiger partial charge in [0.2, 0.25) is 11.7 Å². The van der Waals surface area contributed by atoms with E-state index in [0.29, 0.717) is 12.2 Å². The van der Waals surface area contributed by atoms with Crippen molar-refractivity contribution >= 4 is 9.84 Å². The van der Waals surface area contributed by atoms with Gasteiger partial charge in [-0.2, -0.15) is 4.98 Å². The first kappa shape index (κ1) is 15.1. The first-order valence-corrected chi connectivity index (χ1v) is 9.51. The Bertz CT molecular complexity index is 945. The van der Waals surface area contributed by atoms with Crippen molar-refractivity contribution in [1.82, 2.24) is 10.1 Å². The normalized spacial score (nSPS) is 17.6. The lowest BCUT2D eigenvalue weighted by Crippen LogP contribution is -2.20.